The molecule has 1 aromatic rings. The van der Waals surface area contributed by atoms with Crippen LogP contribution in [0.15, 0.2) is 18.2 Å². The monoisotopic (exact) mass is 327 g/mol. The summed E-state index contributed by atoms with van der Waals surface area (Å²) in [5, 5.41) is 0. The average Bonchev–Trinajstić information content (AvgIpc) is 2.91. The first-order valence-corrected chi connectivity index (χ1v) is 5.47. The van der Waals surface area contributed by atoms with E-state index >= 15 is 0 Å². The molecule has 1 aliphatic carbocycles. The molecule has 1 atom stereocenters. The van der Waals surface area contributed by atoms with Crippen molar-refractivity contribution in [3.63, 3.8) is 0 Å². The topological polar surface area (TPSA) is 26.0 Å². The van der Waals surface area contributed by atoms with Crippen molar-refractivity contribution in [3.05, 3.63) is 33.1 Å². The van der Waals surface area contributed by atoms with Gasteiger partial charge in [0.1, 0.15) is 5.82 Å². The van der Waals surface area contributed by atoms with Crippen LogP contribution in [-0.4, -0.2) is 0 Å². The molecule has 0 aromatic heterocycles. The van der Waals surface area contributed by atoms with Crippen molar-refractivity contribution in [1.82, 2.24) is 0 Å². The number of rotatable bonds is 2. The summed E-state index contributed by atoms with van der Waals surface area (Å²) in [6.45, 7) is 0. The Balaban J connectivity index is 0.000000980. The molecule has 2 rings (SSSR count). The van der Waals surface area contributed by atoms with Crippen LogP contribution in [0.2, 0.25) is 0 Å². The fourth-order valence-corrected chi connectivity index (χ4v) is 1.99. The minimum Gasteiger partial charge on any atom is -0.324 e. The van der Waals surface area contributed by atoms with Gasteiger partial charge in [-0.15, -0.1) is 12.4 Å². The van der Waals surface area contributed by atoms with Gasteiger partial charge in [0.15, 0.2) is 0 Å². The Morgan fingerprint density at radius 2 is 2.07 bits per heavy atom. The van der Waals surface area contributed by atoms with Crippen LogP contribution in [0.4, 0.5) is 4.39 Å². The van der Waals surface area contributed by atoms with Gasteiger partial charge in [0.25, 0.3) is 0 Å². The maximum absolute atomic E-state index is 13.3. The molecule has 0 unspecified atom stereocenters. The summed E-state index contributed by atoms with van der Waals surface area (Å²) in [7, 11) is 0. The molecule has 0 bridgehead atoms. The Morgan fingerprint density at radius 3 is 2.64 bits per heavy atom. The Kier molecular flexibility index (Phi) is 4.15. The number of hydrogen-bond donors (Lipinski definition) is 1. The van der Waals surface area contributed by atoms with Gasteiger partial charge in [-0.05, 0) is 59.5 Å². The molecule has 1 nitrogen and oxygen atoms in total. The third-order valence-corrected chi connectivity index (χ3v) is 3.12. The molecule has 0 radical (unpaired) electrons. The molecule has 1 aromatic carbocycles. The lowest BCUT2D eigenvalue weighted by Crippen LogP contribution is -2.14. The maximum Gasteiger partial charge on any atom is 0.128 e. The van der Waals surface area contributed by atoms with Crippen LogP contribution >= 0.6 is 35.0 Å². The molecule has 0 saturated heterocycles. The zero-order valence-electron chi connectivity index (χ0n) is 7.54. The summed E-state index contributed by atoms with van der Waals surface area (Å²) in [5.41, 5.74) is 6.60. The van der Waals surface area contributed by atoms with Gasteiger partial charge in [-0.2, -0.15) is 0 Å². The van der Waals surface area contributed by atoms with Crippen molar-refractivity contribution in [2.45, 2.75) is 18.9 Å². The Hall–Kier alpha value is 0.130. The van der Waals surface area contributed by atoms with Crippen molar-refractivity contribution >= 4 is 35.0 Å². The molecule has 2 N–H and O–H groups in total. The van der Waals surface area contributed by atoms with Crippen LogP contribution in [0.1, 0.15) is 24.4 Å². The van der Waals surface area contributed by atoms with Gasteiger partial charge in [0, 0.05) is 15.2 Å². The number of hydrogen-bond acceptors (Lipinski definition) is 1. The highest BCUT2D eigenvalue weighted by atomic mass is 127. The van der Waals surface area contributed by atoms with E-state index in [-0.39, 0.29) is 24.3 Å². The molecular formula is C10H12ClFIN. The predicted octanol–water partition coefficient (Wildman–Crippen LogP) is 3.26. The van der Waals surface area contributed by atoms with Gasteiger partial charge in [0.2, 0.25) is 0 Å². The second kappa shape index (κ2) is 4.77. The third kappa shape index (κ3) is 2.58. The summed E-state index contributed by atoms with van der Waals surface area (Å²) in [4.78, 5) is 0. The Bertz CT molecular complexity index is 328. The molecule has 0 amide bonds. The Labute approximate surface area is 103 Å². The van der Waals surface area contributed by atoms with E-state index in [4.69, 9.17) is 5.73 Å². The largest absolute Gasteiger partial charge is 0.324 e. The van der Waals surface area contributed by atoms with Crippen LogP contribution < -0.4 is 5.73 Å². The molecule has 78 valence electrons. The second-order valence-corrected chi connectivity index (χ2v) is 4.77. The molecule has 14 heavy (non-hydrogen) atoms. The van der Waals surface area contributed by atoms with Crippen LogP contribution in [0.25, 0.3) is 0 Å². The van der Waals surface area contributed by atoms with Crippen LogP contribution in [-0.2, 0) is 0 Å². The fraction of sp³-hybridized carbons (Fsp3) is 0.400. The first-order chi connectivity index (χ1) is 6.18. The molecule has 1 saturated carbocycles. The minimum absolute atomic E-state index is 0. The number of nitrogens with two attached hydrogens (primary N) is 1. The van der Waals surface area contributed by atoms with Crippen LogP contribution in [0.5, 0.6) is 0 Å². The second-order valence-electron chi connectivity index (χ2n) is 3.53. The zero-order valence-corrected chi connectivity index (χ0v) is 10.5. The number of halogens is 3. The van der Waals surface area contributed by atoms with Gasteiger partial charge >= 0.3 is 0 Å². The highest BCUT2D eigenvalue weighted by molar-refractivity contribution is 14.1. The van der Waals surface area contributed by atoms with E-state index in [0.717, 1.165) is 16.4 Å². The minimum atomic E-state index is -0.167. The van der Waals surface area contributed by atoms with Crippen molar-refractivity contribution in [3.8, 4) is 0 Å². The smallest absolute Gasteiger partial charge is 0.128 e. The van der Waals surface area contributed by atoms with Gasteiger partial charge in [-0.25, -0.2) is 4.39 Å². The molecular weight excluding hydrogens is 315 g/mol. The van der Waals surface area contributed by atoms with Crippen molar-refractivity contribution in [1.29, 1.82) is 0 Å². The van der Waals surface area contributed by atoms with Crippen molar-refractivity contribution in [2.75, 3.05) is 0 Å². The summed E-state index contributed by atoms with van der Waals surface area (Å²) in [5.74, 6) is 0.340. The Morgan fingerprint density at radius 1 is 1.43 bits per heavy atom. The first kappa shape index (κ1) is 12.2. The molecule has 4 heteroatoms. The van der Waals surface area contributed by atoms with E-state index in [0.29, 0.717) is 11.5 Å². The van der Waals surface area contributed by atoms with Crippen molar-refractivity contribution in [2.24, 2.45) is 11.7 Å². The predicted molar refractivity (Wildman–Crippen MR) is 66.0 cm³/mol. The number of benzene rings is 1. The lowest BCUT2D eigenvalue weighted by Gasteiger charge is -2.11. The average molecular weight is 328 g/mol. The summed E-state index contributed by atoms with van der Waals surface area (Å²) >= 11 is 2.18. The van der Waals surface area contributed by atoms with E-state index in [9.17, 15) is 4.39 Å². The van der Waals surface area contributed by atoms with E-state index in [2.05, 4.69) is 22.6 Å². The van der Waals surface area contributed by atoms with E-state index in [1.165, 1.54) is 6.07 Å². The zero-order chi connectivity index (χ0) is 9.42. The van der Waals surface area contributed by atoms with Crippen LogP contribution in [0, 0.1) is 15.3 Å². The van der Waals surface area contributed by atoms with Crippen molar-refractivity contribution < 1.29 is 4.39 Å². The van der Waals surface area contributed by atoms with Gasteiger partial charge in [0.05, 0.1) is 0 Å². The SMILES string of the molecule is Cl.N[C@@H](c1cc(I)ccc1F)C1CC1. The normalized spacial score (nSPS) is 17.4. The van der Waals surface area contributed by atoms with Gasteiger partial charge in [-0.1, -0.05) is 0 Å². The molecule has 0 spiro atoms. The fourth-order valence-electron chi connectivity index (χ4n) is 1.48. The van der Waals surface area contributed by atoms with E-state index in [1.54, 1.807) is 6.07 Å². The van der Waals surface area contributed by atoms with E-state index < -0.39 is 0 Å². The maximum atomic E-state index is 13.3. The quantitative estimate of drug-likeness (QED) is 0.829. The summed E-state index contributed by atoms with van der Waals surface area (Å²) in [6, 6.07) is 5.01. The summed E-state index contributed by atoms with van der Waals surface area (Å²) in [6.07, 6.45) is 2.29. The lowest BCUT2D eigenvalue weighted by atomic mass is 10.0. The highest BCUT2D eigenvalue weighted by Crippen LogP contribution is 2.40. The lowest BCUT2D eigenvalue weighted by molar-refractivity contribution is 0.553. The van der Waals surface area contributed by atoms with Crippen LogP contribution in [0.3, 0.4) is 0 Å². The molecule has 0 aliphatic heterocycles. The van der Waals surface area contributed by atoms with Gasteiger partial charge in [-0.3, -0.25) is 0 Å². The molecule has 0 heterocycles. The van der Waals surface area contributed by atoms with E-state index in [1.807, 2.05) is 6.07 Å². The third-order valence-electron chi connectivity index (χ3n) is 2.45. The highest BCUT2D eigenvalue weighted by Gasteiger charge is 2.30. The molecule has 1 aliphatic rings. The molecule has 1 fully saturated rings. The summed E-state index contributed by atoms with van der Waals surface area (Å²) < 4.78 is 14.4. The standard InChI is InChI=1S/C10H11FIN.ClH/c11-9-4-3-7(12)5-8(9)10(13)6-1-2-6;/h3-6,10H,1-2,13H2;1H/t10-;/m1./s1. The first-order valence-electron chi connectivity index (χ1n) is 4.39. The van der Waals surface area contributed by atoms with Gasteiger partial charge < -0.3 is 5.73 Å².